The molecule has 35 heavy (non-hydrogen) atoms. The van der Waals surface area contributed by atoms with Crippen LogP contribution in [0.3, 0.4) is 0 Å². The van der Waals surface area contributed by atoms with E-state index in [-0.39, 0.29) is 18.2 Å². The van der Waals surface area contributed by atoms with Gasteiger partial charge in [0.1, 0.15) is 22.9 Å². The normalized spacial score (nSPS) is 17.0. The fraction of sp³-hybridized carbons (Fsp3) is 0.250. The number of para-hydroxylation sites is 2. The van der Waals surface area contributed by atoms with Crippen molar-refractivity contribution in [2.45, 2.75) is 29.6 Å². The number of β-lactam (4-membered cyclic amide) rings is 1. The van der Waals surface area contributed by atoms with Crippen LogP contribution in [0.5, 0.6) is 5.75 Å². The van der Waals surface area contributed by atoms with Gasteiger partial charge in [0.05, 0.1) is 17.3 Å². The number of nitrogens with zero attached hydrogens (tertiary/aromatic N) is 2. The van der Waals surface area contributed by atoms with Crippen LogP contribution in [0.15, 0.2) is 70.2 Å². The first kappa shape index (κ1) is 25.1. The molecule has 8 nitrogen and oxygen atoms in total. The maximum atomic E-state index is 13.1. The Morgan fingerprint density at radius 1 is 1.11 bits per heavy atom. The van der Waals surface area contributed by atoms with Crippen molar-refractivity contribution in [1.82, 2.24) is 15.2 Å². The van der Waals surface area contributed by atoms with Crippen LogP contribution >= 0.6 is 32.9 Å². The van der Waals surface area contributed by atoms with Crippen molar-refractivity contribution in [2.24, 2.45) is 0 Å². The molecule has 0 saturated carbocycles. The summed E-state index contributed by atoms with van der Waals surface area (Å²) in [6.07, 6.45) is 0. The molecule has 1 fully saturated rings. The fourth-order valence-corrected chi connectivity index (χ4v) is 7.35. The molecule has 1 aromatic heterocycles. The second kappa shape index (κ2) is 11.1. The van der Waals surface area contributed by atoms with Gasteiger partial charge in [-0.25, -0.2) is 9.78 Å². The minimum absolute atomic E-state index is 0.172. The number of allylic oxidation sites excluding steroid dienone is 1. The summed E-state index contributed by atoms with van der Waals surface area (Å²) in [6, 6.07) is 15.9. The predicted octanol–water partition coefficient (Wildman–Crippen LogP) is 4.24. The zero-order chi connectivity index (χ0) is 24.9. The molecule has 2 amide bonds. The molecular formula is C24H23N3O5S3. The van der Waals surface area contributed by atoms with E-state index in [1.54, 1.807) is 38.1 Å². The maximum Gasteiger partial charge on any atom is 0.354 e. The molecule has 1 N–H and O–H groups in total. The quantitative estimate of drug-likeness (QED) is 0.190. The highest BCUT2D eigenvalue weighted by Crippen LogP contribution is 2.45. The first-order valence-corrected chi connectivity index (χ1v) is 13.7. The van der Waals surface area contributed by atoms with Gasteiger partial charge in [0.25, 0.3) is 11.8 Å². The van der Waals surface area contributed by atoms with E-state index in [2.05, 4.69) is 10.3 Å². The molecule has 3 aromatic rings. The van der Waals surface area contributed by atoms with E-state index in [9.17, 15) is 14.4 Å². The van der Waals surface area contributed by atoms with Crippen molar-refractivity contribution in [2.75, 3.05) is 13.7 Å². The van der Waals surface area contributed by atoms with Gasteiger partial charge in [0.2, 0.25) is 0 Å². The maximum absolute atomic E-state index is 13.1. The lowest BCUT2D eigenvalue weighted by molar-refractivity contribution is -0.151. The van der Waals surface area contributed by atoms with Gasteiger partial charge in [-0.2, -0.15) is 0 Å². The molecule has 0 radical (unpaired) electrons. The molecule has 0 spiro atoms. The minimum atomic E-state index is -0.826. The summed E-state index contributed by atoms with van der Waals surface area (Å²) in [5, 5.41) is 2.21. The van der Waals surface area contributed by atoms with E-state index < -0.39 is 23.3 Å². The van der Waals surface area contributed by atoms with Crippen LogP contribution in [0, 0.1) is 0 Å². The number of thiazole rings is 1. The number of fused-ring (bicyclic) bond motifs is 1. The van der Waals surface area contributed by atoms with Crippen molar-refractivity contribution in [3.05, 3.63) is 65.9 Å². The molecular weight excluding hydrogens is 506 g/mol. The van der Waals surface area contributed by atoms with E-state index in [1.165, 1.54) is 44.9 Å². The Hall–Kier alpha value is -3.02. The molecule has 2 atom stereocenters. The third kappa shape index (κ3) is 5.63. The van der Waals surface area contributed by atoms with Crippen LogP contribution in [-0.2, 0) is 19.1 Å². The molecule has 1 aliphatic rings. The van der Waals surface area contributed by atoms with Crippen molar-refractivity contribution in [3.8, 4) is 5.75 Å². The summed E-state index contributed by atoms with van der Waals surface area (Å²) in [5.41, 5.74) is 1.70. The number of nitrogens with one attached hydrogen (secondary N) is 1. The molecule has 182 valence electrons. The summed E-state index contributed by atoms with van der Waals surface area (Å²) in [6.45, 7) is 3.24. The number of carbonyl (C=O) groups excluding carboxylic acids is 3. The average molecular weight is 530 g/mol. The van der Waals surface area contributed by atoms with Gasteiger partial charge in [0.15, 0.2) is 10.9 Å². The first-order chi connectivity index (χ1) is 16.9. The number of benzene rings is 2. The van der Waals surface area contributed by atoms with Crippen LogP contribution in [0.2, 0.25) is 0 Å². The Morgan fingerprint density at radius 3 is 2.51 bits per heavy atom. The molecule has 2 heterocycles. The van der Waals surface area contributed by atoms with Gasteiger partial charge in [-0.3, -0.25) is 14.5 Å². The van der Waals surface area contributed by atoms with Crippen LogP contribution < -0.4 is 10.1 Å². The molecule has 1 saturated heterocycles. The van der Waals surface area contributed by atoms with Crippen molar-refractivity contribution in [1.29, 1.82) is 0 Å². The van der Waals surface area contributed by atoms with Crippen LogP contribution in [0.25, 0.3) is 10.2 Å². The number of ether oxygens (including phenoxy) is 2. The molecule has 4 rings (SSSR count). The van der Waals surface area contributed by atoms with Crippen molar-refractivity contribution < 1.29 is 23.9 Å². The predicted molar refractivity (Wildman–Crippen MR) is 138 cm³/mol. The first-order valence-electron chi connectivity index (χ1n) is 10.6. The van der Waals surface area contributed by atoms with E-state index >= 15 is 0 Å². The number of amides is 2. The standard InChI is InChI=1S/C24H23N3O5S3/c1-14(2)20(23(30)31-3)27-21(29)19(26-18(28)13-32-15-9-5-4-6-10-15)22(27)34-35-24-25-16-11-7-8-12-17(16)33-24/h4-12,19,22H,13H2,1-3H3,(H,26,28). The topological polar surface area (TPSA) is 97.8 Å². The Balaban J connectivity index is 1.49. The molecule has 11 heteroatoms. The van der Waals surface area contributed by atoms with Crippen LogP contribution in [-0.4, -0.2) is 52.8 Å². The number of aromatic nitrogens is 1. The van der Waals surface area contributed by atoms with Crippen molar-refractivity contribution >= 4 is 60.9 Å². The second-order valence-corrected chi connectivity index (χ2v) is 11.3. The van der Waals surface area contributed by atoms with Gasteiger partial charge in [0, 0.05) is 0 Å². The number of methoxy groups -OCH3 is 1. The van der Waals surface area contributed by atoms with Gasteiger partial charge in [-0.05, 0) is 54.5 Å². The summed E-state index contributed by atoms with van der Waals surface area (Å²) < 4.78 is 12.3. The highest BCUT2D eigenvalue weighted by atomic mass is 33.1. The summed E-state index contributed by atoms with van der Waals surface area (Å²) in [4.78, 5) is 44.1. The van der Waals surface area contributed by atoms with Gasteiger partial charge >= 0.3 is 5.97 Å². The Kier molecular flexibility index (Phi) is 7.99. The number of hydrogen-bond acceptors (Lipinski definition) is 9. The Labute approximate surface area is 214 Å². The summed E-state index contributed by atoms with van der Waals surface area (Å²) >= 11 is 1.54. The lowest BCUT2D eigenvalue weighted by Gasteiger charge is -2.46. The molecule has 1 aliphatic heterocycles. The van der Waals surface area contributed by atoms with Gasteiger partial charge in [-0.1, -0.05) is 41.1 Å². The Morgan fingerprint density at radius 2 is 1.83 bits per heavy atom. The summed E-state index contributed by atoms with van der Waals surface area (Å²) in [5.74, 6) is -0.869. The highest BCUT2D eigenvalue weighted by Gasteiger charge is 2.52. The zero-order valence-corrected chi connectivity index (χ0v) is 21.7. The molecule has 2 aromatic carbocycles. The number of esters is 1. The van der Waals surface area contributed by atoms with Crippen molar-refractivity contribution in [3.63, 3.8) is 0 Å². The monoisotopic (exact) mass is 529 g/mol. The Bertz CT molecular complexity index is 1240. The third-order valence-electron chi connectivity index (χ3n) is 5.06. The van der Waals surface area contributed by atoms with E-state index in [4.69, 9.17) is 9.47 Å². The number of likely N-dealkylation sites (tertiary alicyclic amines) is 1. The second-order valence-electron chi connectivity index (χ2n) is 7.71. The van der Waals surface area contributed by atoms with Crippen LogP contribution in [0.1, 0.15) is 13.8 Å². The highest BCUT2D eigenvalue weighted by molar-refractivity contribution is 8.77. The third-order valence-corrected chi connectivity index (χ3v) is 9.07. The van der Waals surface area contributed by atoms with Crippen LogP contribution in [0.4, 0.5) is 0 Å². The van der Waals surface area contributed by atoms with E-state index in [0.717, 1.165) is 14.6 Å². The summed E-state index contributed by atoms with van der Waals surface area (Å²) in [7, 11) is 4.02. The van der Waals surface area contributed by atoms with Gasteiger partial charge in [-0.15, -0.1) is 11.3 Å². The smallest absolute Gasteiger partial charge is 0.354 e. The number of rotatable bonds is 9. The minimum Gasteiger partial charge on any atom is -0.484 e. The largest absolute Gasteiger partial charge is 0.484 e. The van der Waals surface area contributed by atoms with E-state index in [0.29, 0.717) is 11.3 Å². The zero-order valence-electron chi connectivity index (χ0n) is 19.2. The lowest BCUT2D eigenvalue weighted by atomic mass is 10.0. The van der Waals surface area contributed by atoms with E-state index in [1.807, 2.05) is 30.3 Å². The molecule has 0 aliphatic carbocycles. The molecule has 2 unspecified atom stereocenters. The fourth-order valence-electron chi connectivity index (χ4n) is 3.43. The lowest BCUT2D eigenvalue weighted by Crippen LogP contribution is -2.69. The molecule has 0 bridgehead atoms. The number of carbonyl (C=O) groups is 3. The average Bonchev–Trinajstić information content (AvgIpc) is 3.28. The SMILES string of the molecule is COC(=O)C(=C(C)C)N1C(=O)C(NC(=O)COc2ccccc2)C1SSc1nc2ccccc2s1. The number of hydrogen-bond donors (Lipinski definition) is 1. The van der Waals surface area contributed by atoms with Gasteiger partial charge < -0.3 is 14.8 Å².